The molecule has 2 aromatic heterocycles. The van der Waals surface area contributed by atoms with E-state index in [1.807, 2.05) is 13.8 Å². The van der Waals surface area contributed by atoms with E-state index >= 15 is 0 Å². The van der Waals surface area contributed by atoms with Gasteiger partial charge in [0.2, 0.25) is 0 Å². The predicted molar refractivity (Wildman–Crippen MR) is 112 cm³/mol. The zero-order valence-electron chi connectivity index (χ0n) is 16.6. The van der Waals surface area contributed by atoms with E-state index in [2.05, 4.69) is 20.4 Å². The van der Waals surface area contributed by atoms with E-state index in [-0.39, 0.29) is 11.0 Å². The molecule has 29 heavy (non-hydrogen) atoms. The predicted octanol–water partition coefficient (Wildman–Crippen LogP) is 4.53. The molecular weight excluding hydrogens is 393 g/mol. The van der Waals surface area contributed by atoms with E-state index in [1.54, 1.807) is 30.6 Å². The SMILES string of the molecule is CC.Fc1ccccc1-n1cc(-c2ncnc(Cl)c2OCC2CCNCC2)cn1. The van der Waals surface area contributed by atoms with Crippen molar-refractivity contribution < 1.29 is 9.13 Å². The summed E-state index contributed by atoms with van der Waals surface area (Å²) in [4.78, 5) is 8.36. The summed E-state index contributed by atoms with van der Waals surface area (Å²) in [5.41, 5.74) is 1.59. The van der Waals surface area contributed by atoms with Crippen LogP contribution in [0.25, 0.3) is 16.9 Å². The van der Waals surface area contributed by atoms with Gasteiger partial charge in [-0.3, -0.25) is 0 Å². The average Bonchev–Trinajstić information content (AvgIpc) is 3.25. The molecule has 0 spiro atoms. The maximum absolute atomic E-state index is 14.0. The standard InChI is InChI=1S/C19H19ClFN5O.C2H6/c20-19-18(27-11-13-5-7-22-8-6-13)17(23-12-24-19)14-9-25-26(10-14)16-4-2-1-3-15(16)21;1-2/h1-4,9-10,12-13,22H,5-8,11H2;1-2H3. The Kier molecular flexibility index (Phi) is 7.55. The first-order chi connectivity index (χ1) is 14.2. The minimum Gasteiger partial charge on any atom is -0.488 e. The zero-order chi connectivity index (χ0) is 20.6. The van der Waals surface area contributed by atoms with Crippen molar-refractivity contribution in [1.29, 1.82) is 0 Å². The lowest BCUT2D eigenvalue weighted by Crippen LogP contribution is -2.30. The van der Waals surface area contributed by atoms with Gasteiger partial charge in [0.25, 0.3) is 0 Å². The lowest BCUT2D eigenvalue weighted by atomic mass is 9.99. The quantitative estimate of drug-likeness (QED) is 0.618. The highest BCUT2D eigenvalue weighted by atomic mass is 35.5. The van der Waals surface area contributed by atoms with Gasteiger partial charge >= 0.3 is 0 Å². The molecule has 1 aliphatic rings. The topological polar surface area (TPSA) is 64.9 Å². The zero-order valence-corrected chi connectivity index (χ0v) is 17.4. The fourth-order valence-corrected chi connectivity index (χ4v) is 3.34. The van der Waals surface area contributed by atoms with Crippen LogP contribution in [0.2, 0.25) is 5.15 Å². The fraction of sp³-hybridized carbons (Fsp3) is 0.381. The van der Waals surface area contributed by atoms with Gasteiger partial charge in [0, 0.05) is 11.8 Å². The van der Waals surface area contributed by atoms with Crippen molar-refractivity contribution in [3.05, 3.63) is 54.0 Å². The van der Waals surface area contributed by atoms with Gasteiger partial charge in [0.15, 0.2) is 10.9 Å². The number of hydrogen-bond acceptors (Lipinski definition) is 5. The molecule has 0 bridgehead atoms. The highest BCUT2D eigenvalue weighted by molar-refractivity contribution is 6.31. The summed E-state index contributed by atoms with van der Waals surface area (Å²) in [6.45, 7) is 6.55. The van der Waals surface area contributed by atoms with Crippen molar-refractivity contribution in [3.8, 4) is 22.7 Å². The van der Waals surface area contributed by atoms with Crippen LogP contribution in [0.15, 0.2) is 43.0 Å². The molecule has 0 atom stereocenters. The van der Waals surface area contributed by atoms with E-state index < -0.39 is 0 Å². The summed E-state index contributed by atoms with van der Waals surface area (Å²) in [5.74, 6) is 0.553. The van der Waals surface area contributed by atoms with E-state index in [0.29, 0.717) is 35.2 Å². The fourth-order valence-electron chi connectivity index (χ4n) is 3.15. The van der Waals surface area contributed by atoms with Gasteiger partial charge in [-0.15, -0.1) is 0 Å². The monoisotopic (exact) mass is 417 g/mol. The summed E-state index contributed by atoms with van der Waals surface area (Å²) in [6, 6.07) is 6.45. The number of hydrogen-bond donors (Lipinski definition) is 1. The highest BCUT2D eigenvalue weighted by Crippen LogP contribution is 2.33. The number of halogens is 2. The van der Waals surface area contributed by atoms with Gasteiger partial charge in [-0.25, -0.2) is 19.0 Å². The van der Waals surface area contributed by atoms with E-state index in [1.165, 1.54) is 17.1 Å². The Morgan fingerprint density at radius 1 is 1.21 bits per heavy atom. The summed E-state index contributed by atoms with van der Waals surface area (Å²) in [5, 5.41) is 7.85. The molecule has 1 fully saturated rings. The first-order valence-corrected chi connectivity index (χ1v) is 10.2. The first kappa shape index (κ1) is 21.2. The van der Waals surface area contributed by atoms with E-state index in [9.17, 15) is 4.39 Å². The van der Waals surface area contributed by atoms with Crippen LogP contribution < -0.4 is 10.1 Å². The maximum Gasteiger partial charge on any atom is 0.183 e. The van der Waals surface area contributed by atoms with E-state index in [4.69, 9.17) is 16.3 Å². The molecule has 1 saturated heterocycles. The second-order valence-corrected chi connectivity index (χ2v) is 6.83. The van der Waals surface area contributed by atoms with E-state index in [0.717, 1.165) is 25.9 Å². The third-order valence-corrected chi connectivity index (χ3v) is 4.91. The smallest absolute Gasteiger partial charge is 0.183 e. The van der Waals surface area contributed by atoms with Crippen LogP contribution in [-0.2, 0) is 0 Å². The molecule has 0 saturated carbocycles. The Bertz CT molecular complexity index is 927. The van der Waals surface area contributed by atoms with Gasteiger partial charge in [-0.2, -0.15) is 5.10 Å². The molecular formula is C21H25ClFN5O. The number of piperidine rings is 1. The van der Waals surface area contributed by atoms with Crippen molar-refractivity contribution in [1.82, 2.24) is 25.1 Å². The molecule has 1 aromatic carbocycles. The number of aromatic nitrogens is 4. The largest absolute Gasteiger partial charge is 0.488 e. The molecule has 1 aliphatic heterocycles. The van der Waals surface area contributed by atoms with Crippen LogP contribution in [0.4, 0.5) is 4.39 Å². The Morgan fingerprint density at radius 2 is 1.97 bits per heavy atom. The normalized spacial score (nSPS) is 14.2. The second-order valence-electron chi connectivity index (χ2n) is 6.47. The number of benzene rings is 1. The van der Waals surface area contributed by atoms with Crippen LogP contribution in [-0.4, -0.2) is 39.4 Å². The molecule has 154 valence electrons. The molecule has 0 aliphatic carbocycles. The molecule has 3 aromatic rings. The molecule has 0 amide bonds. The molecule has 8 heteroatoms. The molecule has 4 rings (SSSR count). The van der Waals surface area contributed by atoms with Crippen molar-refractivity contribution in [3.63, 3.8) is 0 Å². The molecule has 0 radical (unpaired) electrons. The minimum absolute atomic E-state index is 0.257. The molecule has 3 heterocycles. The van der Waals surface area contributed by atoms with Crippen molar-refractivity contribution in [2.24, 2.45) is 5.92 Å². The van der Waals surface area contributed by atoms with Crippen LogP contribution in [0.3, 0.4) is 0 Å². The molecule has 0 unspecified atom stereocenters. The first-order valence-electron chi connectivity index (χ1n) is 9.86. The third-order valence-electron chi connectivity index (χ3n) is 4.64. The minimum atomic E-state index is -0.352. The summed E-state index contributed by atoms with van der Waals surface area (Å²) >= 11 is 6.27. The number of rotatable bonds is 5. The number of para-hydroxylation sites is 1. The van der Waals surface area contributed by atoms with Crippen LogP contribution in [0, 0.1) is 11.7 Å². The number of nitrogens with zero attached hydrogens (tertiary/aromatic N) is 4. The second kappa shape index (κ2) is 10.3. The van der Waals surface area contributed by atoms with Gasteiger partial charge in [0.05, 0.1) is 12.8 Å². The Balaban J connectivity index is 0.00000117. The van der Waals surface area contributed by atoms with Crippen molar-refractivity contribution in [2.45, 2.75) is 26.7 Å². The van der Waals surface area contributed by atoms with Gasteiger partial charge < -0.3 is 10.1 Å². The van der Waals surface area contributed by atoms with Gasteiger partial charge in [-0.1, -0.05) is 37.6 Å². The Hall–Kier alpha value is -2.51. The van der Waals surface area contributed by atoms with Crippen LogP contribution >= 0.6 is 11.6 Å². The summed E-state index contributed by atoms with van der Waals surface area (Å²) < 4.78 is 21.5. The summed E-state index contributed by atoms with van der Waals surface area (Å²) in [6.07, 6.45) is 6.82. The molecule has 6 nitrogen and oxygen atoms in total. The van der Waals surface area contributed by atoms with Gasteiger partial charge in [-0.05, 0) is 44.0 Å². The lowest BCUT2D eigenvalue weighted by Gasteiger charge is -2.23. The van der Waals surface area contributed by atoms with Crippen LogP contribution in [0.5, 0.6) is 5.75 Å². The summed E-state index contributed by atoms with van der Waals surface area (Å²) in [7, 11) is 0. The Labute approximate surface area is 175 Å². The number of nitrogens with one attached hydrogen (secondary N) is 1. The number of ether oxygens (including phenoxy) is 1. The van der Waals surface area contributed by atoms with Crippen molar-refractivity contribution >= 4 is 11.6 Å². The lowest BCUT2D eigenvalue weighted by molar-refractivity contribution is 0.215. The average molecular weight is 418 g/mol. The highest BCUT2D eigenvalue weighted by Gasteiger charge is 2.19. The van der Waals surface area contributed by atoms with Crippen molar-refractivity contribution in [2.75, 3.05) is 19.7 Å². The maximum atomic E-state index is 14.0. The molecule has 1 N–H and O–H groups in total. The Morgan fingerprint density at radius 3 is 2.72 bits per heavy atom. The van der Waals surface area contributed by atoms with Crippen LogP contribution in [0.1, 0.15) is 26.7 Å². The third kappa shape index (κ3) is 5.10. The van der Waals surface area contributed by atoms with Gasteiger partial charge in [0.1, 0.15) is 23.5 Å².